The standard InChI is InChI=1S/C19H24N4O6S/c1-21(17-9-10-20-22(17)2)18(24)16-11-15(29-30(3,26)27)12-23(16)19(25)28-13-14-7-5-4-6-8-14/h4-10,15-16H,11-13H2,1-3H3/t15-,16+/m1/s1. The largest absolute Gasteiger partial charge is 0.445 e. The zero-order valence-corrected chi connectivity index (χ0v) is 17.8. The maximum absolute atomic E-state index is 13.1. The Balaban J connectivity index is 1.77. The van der Waals surface area contributed by atoms with Crippen molar-refractivity contribution in [1.82, 2.24) is 14.7 Å². The first kappa shape index (κ1) is 21.8. The van der Waals surface area contributed by atoms with E-state index in [-0.39, 0.29) is 19.6 Å². The molecule has 0 unspecified atom stereocenters. The minimum absolute atomic E-state index is 0.0340. The average molecular weight is 436 g/mol. The van der Waals surface area contributed by atoms with E-state index < -0.39 is 34.3 Å². The monoisotopic (exact) mass is 436 g/mol. The van der Waals surface area contributed by atoms with Gasteiger partial charge in [0.15, 0.2) is 0 Å². The van der Waals surface area contributed by atoms with Gasteiger partial charge < -0.3 is 4.74 Å². The number of benzene rings is 1. The third-order valence-corrected chi connectivity index (χ3v) is 5.39. The molecule has 3 rings (SSSR count). The van der Waals surface area contributed by atoms with Crippen LogP contribution in [0.3, 0.4) is 0 Å². The van der Waals surface area contributed by atoms with E-state index in [0.29, 0.717) is 5.82 Å². The molecule has 1 aromatic carbocycles. The number of hydrogen-bond acceptors (Lipinski definition) is 7. The van der Waals surface area contributed by atoms with Gasteiger partial charge in [-0.3, -0.25) is 23.5 Å². The van der Waals surface area contributed by atoms with Crippen LogP contribution in [0.15, 0.2) is 42.6 Å². The summed E-state index contributed by atoms with van der Waals surface area (Å²) in [5.74, 6) is 0.139. The molecule has 1 aliphatic rings. The third-order valence-electron chi connectivity index (χ3n) is 4.77. The van der Waals surface area contributed by atoms with Crippen LogP contribution >= 0.6 is 0 Å². The number of likely N-dealkylation sites (N-methyl/N-ethyl adjacent to an activating group) is 1. The second-order valence-corrected chi connectivity index (χ2v) is 8.68. The van der Waals surface area contributed by atoms with Crippen LogP contribution in [0.25, 0.3) is 0 Å². The van der Waals surface area contributed by atoms with Gasteiger partial charge in [-0.05, 0) is 5.56 Å². The molecule has 2 atom stereocenters. The van der Waals surface area contributed by atoms with E-state index >= 15 is 0 Å². The Morgan fingerprint density at radius 2 is 1.93 bits per heavy atom. The minimum Gasteiger partial charge on any atom is -0.445 e. The van der Waals surface area contributed by atoms with Gasteiger partial charge in [-0.25, -0.2) is 4.79 Å². The molecule has 11 heteroatoms. The molecule has 1 aromatic heterocycles. The summed E-state index contributed by atoms with van der Waals surface area (Å²) in [7, 11) is -0.492. The van der Waals surface area contributed by atoms with Gasteiger partial charge in [0, 0.05) is 26.6 Å². The number of rotatable bonds is 6. The molecular formula is C19H24N4O6S. The molecule has 2 aromatic rings. The normalized spacial score (nSPS) is 19.0. The predicted molar refractivity (Wildman–Crippen MR) is 108 cm³/mol. The fourth-order valence-electron chi connectivity index (χ4n) is 3.38. The topological polar surface area (TPSA) is 111 Å². The summed E-state index contributed by atoms with van der Waals surface area (Å²) in [6, 6.07) is 9.85. The third kappa shape index (κ3) is 5.16. The first-order chi connectivity index (χ1) is 14.2. The van der Waals surface area contributed by atoms with E-state index in [0.717, 1.165) is 11.8 Å². The number of aromatic nitrogens is 2. The Labute approximate surface area is 175 Å². The number of carbonyl (C=O) groups excluding carboxylic acids is 2. The van der Waals surface area contributed by atoms with Gasteiger partial charge in [0.1, 0.15) is 18.5 Å². The predicted octanol–water partition coefficient (Wildman–Crippen LogP) is 1.14. The Morgan fingerprint density at radius 3 is 2.53 bits per heavy atom. The molecule has 0 saturated carbocycles. The summed E-state index contributed by atoms with van der Waals surface area (Å²) >= 11 is 0. The number of ether oxygens (including phenoxy) is 1. The minimum atomic E-state index is -3.75. The molecule has 2 amide bonds. The lowest BCUT2D eigenvalue weighted by Crippen LogP contribution is -2.47. The van der Waals surface area contributed by atoms with E-state index in [9.17, 15) is 18.0 Å². The van der Waals surface area contributed by atoms with Crippen molar-refractivity contribution in [2.75, 3.05) is 24.7 Å². The van der Waals surface area contributed by atoms with Crippen LogP contribution in [0.5, 0.6) is 0 Å². The van der Waals surface area contributed by atoms with E-state index in [1.54, 1.807) is 26.4 Å². The molecule has 30 heavy (non-hydrogen) atoms. The van der Waals surface area contributed by atoms with E-state index in [1.165, 1.54) is 14.5 Å². The fourth-order valence-corrected chi connectivity index (χ4v) is 4.02. The lowest BCUT2D eigenvalue weighted by atomic mass is 10.2. The second-order valence-electron chi connectivity index (χ2n) is 7.08. The summed E-state index contributed by atoms with van der Waals surface area (Å²) < 4.78 is 35.0. The highest BCUT2D eigenvalue weighted by molar-refractivity contribution is 7.86. The van der Waals surface area contributed by atoms with E-state index in [4.69, 9.17) is 8.92 Å². The number of nitrogens with zero attached hydrogens (tertiary/aromatic N) is 4. The van der Waals surface area contributed by atoms with E-state index in [2.05, 4.69) is 5.10 Å². The Hall–Kier alpha value is -2.92. The molecule has 0 radical (unpaired) electrons. The average Bonchev–Trinajstić information content (AvgIpc) is 3.30. The molecule has 0 N–H and O–H groups in total. The summed E-state index contributed by atoms with van der Waals surface area (Å²) in [5, 5.41) is 4.04. The van der Waals surface area contributed by atoms with Crippen molar-refractivity contribution in [3.63, 3.8) is 0 Å². The highest BCUT2D eigenvalue weighted by Crippen LogP contribution is 2.26. The quantitative estimate of drug-likeness (QED) is 0.624. The van der Waals surface area contributed by atoms with Gasteiger partial charge >= 0.3 is 6.09 Å². The van der Waals surface area contributed by atoms with Gasteiger partial charge in [-0.1, -0.05) is 30.3 Å². The highest BCUT2D eigenvalue weighted by Gasteiger charge is 2.43. The molecule has 0 spiro atoms. The fraction of sp³-hybridized carbons (Fsp3) is 0.421. The van der Waals surface area contributed by atoms with Gasteiger partial charge in [0.25, 0.3) is 16.0 Å². The molecule has 1 fully saturated rings. The Bertz CT molecular complexity index is 1010. The number of anilines is 1. The zero-order valence-electron chi connectivity index (χ0n) is 17.0. The van der Waals surface area contributed by atoms with Crippen molar-refractivity contribution in [2.45, 2.75) is 25.2 Å². The molecule has 2 heterocycles. The Kier molecular flexibility index (Phi) is 6.42. The number of hydrogen-bond donors (Lipinski definition) is 0. The zero-order chi connectivity index (χ0) is 21.9. The van der Waals surface area contributed by atoms with Crippen LogP contribution < -0.4 is 4.90 Å². The van der Waals surface area contributed by atoms with E-state index in [1.807, 2.05) is 30.3 Å². The lowest BCUT2D eigenvalue weighted by molar-refractivity contribution is -0.122. The summed E-state index contributed by atoms with van der Waals surface area (Å²) in [4.78, 5) is 28.4. The number of amides is 2. The van der Waals surface area contributed by atoms with Crippen LogP contribution in [0.2, 0.25) is 0 Å². The van der Waals surface area contributed by atoms with Crippen molar-refractivity contribution in [1.29, 1.82) is 0 Å². The van der Waals surface area contributed by atoms with Crippen molar-refractivity contribution < 1.29 is 26.9 Å². The van der Waals surface area contributed by atoms with Gasteiger partial charge in [-0.15, -0.1) is 0 Å². The molecule has 1 saturated heterocycles. The van der Waals surface area contributed by atoms with Gasteiger partial charge in [0.2, 0.25) is 0 Å². The SMILES string of the molecule is CN(C(=O)[C@@H]1C[C@@H](OS(C)(=O)=O)CN1C(=O)OCc1ccccc1)c1ccnn1C. The molecule has 10 nitrogen and oxygen atoms in total. The van der Waals surface area contributed by atoms with Crippen molar-refractivity contribution >= 4 is 27.9 Å². The van der Waals surface area contributed by atoms with Crippen LogP contribution in [-0.4, -0.2) is 67.1 Å². The molecule has 162 valence electrons. The van der Waals surface area contributed by atoms with Crippen molar-refractivity contribution in [3.8, 4) is 0 Å². The first-order valence-corrected chi connectivity index (χ1v) is 11.1. The smallest absolute Gasteiger partial charge is 0.410 e. The first-order valence-electron chi connectivity index (χ1n) is 9.27. The maximum atomic E-state index is 13.1. The van der Waals surface area contributed by atoms with Gasteiger partial charge in [-0.2, -0.15) is 13.5 Å². The summed E-state index contributed by atoms with van der Waals surface area (Å²) in [5.41, 5.74) is 0.795. The van der Waals surface area contributed by atoms with Crippen molar-refractivity contribution in [2.24, 2.45) is 7.05 Å². The van der Waals surface area contributed by atoms with Crippen LogP contribution in [0, 0.1) is 0 Å². The van der Waals surface area contributed by atoms with Crippen LogP contribution in [0.1, 0.15) is 12.0 Å². The highest BCUT2D eigenvalue weighted by atomic mass is 32.2. The summed E-state index contributed by atoms with van der Waals surface area (Å²) in [6.07, 6.45) is 0.972. The summed E-state index contributed by atoms with van der Waals surface area (Å²) in [6.45, 7) is -0.0391. The Morgan fingerprint density at radius 1 is 1.23 bits per heavy atom. The number of aryl methyl sites for hydroxylation is 1. The van der Waals surface area contributed by atoms with Gasteiger partial charge in [0.05, 0.1) is 25.1 Å². The maximum Gasteiger partial charge on any atom is 0.410 e. The molecule has 0 bridgehead atoms. The lowest BCUT2D eigenvalue weighted by Gasteiger charge is -2.27. The second kappa shape index (κ2) is 8.84. The molecule has 1 aliphatic heterocycles. The molecular weight excluding hydrogens is 412 g/mol. The number of likely N-dealkylation sites (tertiary alicyclic amines) is 1. The van der Waals surface area contributed by atoms with Crippen LogP contribution in [0.4, 0.5) is 10.6 Å². The van der Waals surface area contributed by atoms with Crippen LogP contribution in [-0.2, 0) is 37.5 Å². The van der Waals surface area contributed by atoms with Crippen molar-refractivity contribution in [3.05, 3.63) is 48.2 Å². The number of carbonyl (C=O) groups is 2. The molecule has 0 aliphatic carbocycles.